The van der Waals surface area contributed by atoms with E-state index in [1.165, 1.54) is 6.42 Å². The van der Waals surface area contributed by atoms with E-state index < -0.39 is 0 Å². The monoisotopic (exact) mass is 324 g/mol. The van der Waals surface area contributed by atoms with Crippen molar-refractivity contribution >= 4 is 27.9 Å². The van der Waals surface area contributed by atoms with Gasteiger partial charge in [0.2, 0.25) is 0 Å². The number of nitrogens with zero attached hydrogens (tertiary/aromatic N) is 2. The molecule has 102 valence electrons. The average molecular weight is 325 g/mol. The molecule has 0 saturated carbocycles. The first kappa shape index (κ1) is 14.3. The summed E-state index contributed by atoms with van der Waals surface area (Å²) in [7, 11) is 0. The van der Waals surface area contributed by atoms with E-state index in [2.05, 4.69) is 25.9 Å². The molecule has 1 aliphatic rings. The molecule has 4 nitrogen and oxygen atoms in total. The summed E-state index contributed by atoms with van der Waals surface area (Å²) in [6, 6.07) is 1.87. The lowest BCUT2D eigenvalue weighted by molar-refractivity contribution is -0.102. The van der Waals surface area contributed by atoms with E-state index in [-0.39, 0.29) is 6.10 Å². The number of aryl methyl sites for hydroxylation is 1. The second-order valence-electron chi connectivity index (χ2n) is 4.62. The summed E-state index contributed by atoms with van der Waals surface area (Å²) >= 11 is 3.36. The van der Waals surface area contributed by atoms with Crippen LogP contribution < -0.4 is 0 Å². The van der Waals surface area contributed by atoms with Gasteiger partial charge in [-0.05, 0) is 48.2 Å². The molecular weight excluding hydrogens is 308 g/mol. The van der Waals surface area contributed by atoms with Gasteiger partial charge in [0.25, 0.3) is 0 Å². The van der Waals surface area contributed by atoms with E-state index in [9.17, 15) is 4.79 Å². The molecule has 1 saturated heterocycles. The zero-order valence-corrected chi connectivity index (χ0v) is 12.5. The van der Waals surface area contributed by atoms with E-state index in [1.54, 1.807) is 6.20 Å². The summed E-state index contributed by atoms with van der Waals surface area (Å²) in [5.41, 5.74) is 2.03. The molecule has 1 aromatic heterocycles. The predicted molar refractivity (Wildman–Crippen MR) is 77.7 cm³/mol. The van der Waals surface area contributed by atoms with Crippen molar-refractivity contribution in [3.63, 3.8) is 0 Å². The second-order valence-corrected chi connectivity index (χ2v) is 5.53. The molecule has 1 fully saturated rings. The number of hydrogen-bond donors (Lipinski definition) is 0. The van der Waals surface area contributed by atoms with Crippen molar-refractivity contribution in [3.8, 4) is 0 Å². The SMILES string of the molecule is Cc1ncc(Br)cc1/C(C=O)=N\CC1CCCCO1. The van der Waals surface area contributed by atoms with E-state index >= 15 is 0 Å². The maximum Gasteiger partial charge on any atom is 0.168 e. The van der Waals surface area contributed by atoms with Crippen LogP contribution in [0.5, 0.6) is 0 Å². The third-order valence-electron chi connectivity index (χ3n) is 3.18. The zero-order valence-electron chi connectivity index (χ0n) is 10.9. The molecule has 0 N–H and O–H groups in total. The first-order valence-corrected chi connectivity index (χ1v) is 7.23. The number of ether oxygens (including phenoxy) is 1. The van der Waals surface area contributed by atoms with E-state index in [0.717, 1.165) is 41.5 Å². The maximum atomic E-state index is 11.2. The molecule has 0 aliphatic carbocycles. The Morgan fingerprint density at radius 1 is 1.63 bits per heavy atom. The number of aromatic nitrogens is 1. The standard InChI is InChI=1S/C14H17BrN2O2/c1-10-13(6-11(15)7-16-10)14(9-18)17-8-12-4-2-3-5-19-12/h6-7,9,12H,2-5,8H2,1H3/b17-14-. The van der Waals surface area contributed by atoms with Crippen LogP contribution >= 0.6 is 15.9 Å². The molecule has 19 heavy (non-hydrogen) atoms. The van der Waals surface area contributed by atoms with Gasteiger partial charge in [-0.15, -0.1) is 0 Å². The Morgan fingerprint density at radius 2 is 2.47 bits per heavy atom. The van der Waals surface area contributed by atoms with E-state index in [0.29, 0.717) is 12.3 Å². The normalized spacial score (nSPS) is 20.3. The van der Waals surface area contributed by atoms with Gasteiger partial charge in [0.05, 0.1) is 12.6 Å². The molecule has 1 unspecified atom stereocenters. The highest BCUT2D eigenvalue weighted by Gasteiger charge is 2.14. The van der Waals surface area contributed by atoms with Crippen LogP contribution in [0.4, 0.5) is 0 Å². The Labute approximate surface area is 121 Å². The number of rotatable bonds is 4. The van der Waals surface area contributed by atoms with Crippen LogP contribution in [0, 0.1) is 6.92 Å². The molecule has 0 aromatic carbocycles. The summed E-state index contributed by atoms with van der Waals surface area (Å²) in [6.45, 7) is 3.21. The zero-order chi connectivity index (χ0) is 13.7. The number of halogens is 1. The number of pyridine rings is 1. The third kappa shape index (κ3) is 3.94. The van der Waals surface area contributed by atoms with Gasteiger partial charge in [0, 0.05) is 28.5 Å². The molecule has 2 rings (SSSR count). The Morgan fingerprint density at radius 3 is 3.16 bits per heavy atom. The molecule has 0 spiro atoms. The molecule has 1 aromatic rings. The van der Waals surface area contributed by atoms with Crippen molar-refractivity contribution in [2.75, 3.05) is 13.2 Å². The highest BCUT2D eigenvalue weighted by molar-refractivity contribution is 9.10. The minimum absolute atomic E-state index is 0.143. The molecule has 1 atom stereocenters. The Hall–Kier alpha value is -1.07. The summed E-state index contributed by atoms with van der Waals surface area (Å²) in [4.78, 5) is 19.9. The largest absolute Gasteiger partial charge is 0.376 e. The van der Waals surface area contributed by atoms with Crippen molar-refractivity contribution in [2.45, 2.75) is 32.3 Å². The first-order valence-electron chi connectivity index (χ1n) is 6.44. The summed E-state index contributed by atoms with van der Waals surface area (Å²) in [5, 5.41) is 0. The molecule has 0 amide bonds. The summed E-state index contributed by atoms with van der Waals surface area (Å²) in [6.07, 6.45) is 5.96. The number of hydrogen-bond acceptors (Lipinski definition) is 4. The van der Waals surface area contributed by atoms with Gasteiger partial charge in [-0.1, -0.05) is 0 Å². The van der Waals surface area contributed by atoms with Crippen LogP contribution in [-0.4, -0.2) is 36.2 Å². The Balaban J connectivity index is 2.14. The van der Waals surface area contributed by atoms with Crippen LogP contribution in [-0.2, 0) is 9.53 Å². The molecule has 5 heteroatoms. The van der Waals surface area contributed by atoms with Gasteiger partial charge < -0.3 is 4.74 Å². The highest BCUT2D eigenvalue weighted by Crippen LogP contribution is 2.16. The fourth-order valence-corrected chi connectivity index (χ4v) is 2.44. The number of carbonyl (C=O) groups is 1. The van der Waals surface area contributed by atoms with Crippen molar-refractivity contribution in [3.05, 3.63) is 28.0 Å². The van der Waals surface area contributed by atoms with Gasteiger partial charge in [0.15, 0.2) is 6.29 Å². The molecule has 2 heterocycles. The maximum absolute atomic E-state index is 11.2. The number of aliphatic imine (C=N–C) groups is 1. The van der Waals surface area contributed by atoms with Gasteiger partial charge in [0.1, 0.15) is 5.71 Å². The third-order valence-corrected chi connectivity index (χ3v) is 3.61. The van der Waals surface area contributed by atoms with Crippen LogP contribution in [0.3, 0.4) is 0 Å². The van der Waals surface area contributed by atoms with Crippen LogP contribution in [0.1, 0.15) is 30.5 Å². The van der Waals surface area contributed by atoms with Gasteiger partial charge in [-0.25, -0.2) is 0 Å². The topological polar surface area (TPSA) is 51.5 Å². The highest BCUT2D eigenvalue weighted by atomic mass is 79.9. The minimum Gasteiger partial charge on any atom is -0.376 e. The Bertz CT molecular complexity index is 482. The molecular formula is C14H17BrN2O2. The van der Waals surface area contributed by atoms with Crippen molar-refractivity contribution in [1.29, 1.82) is 0 Å². The number of carbonyl (C=O) groups excluding carboxylic acids is 1. The van der Waals surface area contributed by atoms with E-state index in [1.807, 2.05) is 13.0 Å². The molecule has 0 bridgehead atoms. The lowest BCUT2D eigenvalue weighted by Gasteiger charge is -2.20. The van der Waals surface area contributed by atoms with Gasteiger partial charge in [-0.2, -0.15) is 0 Å². The molecule has 0 radical (unpaired) electrons. The van der Waals surface area contributed by atoms with Gasteiger partial charge >= 0.3 is 0 Å². The lowest BCUT2D eigenvalue weighted by atomic mass is 10.1. The lowest BCUT2D eigenvalue weighted by Crippen LogP contribution is -2.23. The predicted octanol–water partition coefficient (Wildman–Crippen LogP) is 2.71. The van der Waals surface area contributed by atoms with Crippen molar-refractivity contribution in [1.82, 2.24) is 4.98 Å². The van der Waals surface area contributed by atoms with E-state index in [4.69, 9.17) is 4.74 Å². The van der Waals surface area contributed by atoms with Crippen LogP contribution in [0.25, 0.3) is 0 Å². The second kappa shape index (κ2) is 6.91. The summed E-state index contributed by atoms with van der Waals surface area (Å²) < 4.78 is 6.46. The smallest absolute Gasteiger partial charge is 0.168 e. The van der Waals surface area contributed by atoms with Crippen LogP contribution in [0.15, 0.2) is 21.7 Å². The fourth-order valence-electron chi connectivity index (χ4n) is 2.10. The molecule has 1 aliphatic heterocycles. The minimum atomic E-state index is 0.143. The van der Waals surface area contributed by atoms with Gasteiger partial charge in [-0.3, -0.25) is 14.8 Å². The number of aldehydes is 1. The average Bonchev–Trinajstić information content (AvgIpc) is 2.44. The Kier molecular flexibility index (Phi) is 5.22. The van der Waals surface area contributed by atoms with Crippen molar-refractivity contribution in [2.24, 2.45) is 4.99 Å². The fraction of sp³-hybridized carbons (Fsp3) is 0.500. The quantitative estimate of drug-likeness (QED) is 0.632. The van der Waals surface area contributed by atoms with Crippen LogP contribution in [0.2, 0.25) is 0 Å². The first-order chi connectivity index (χ1) is 9.20. The summed E-state index contributed by atoms with van der Waals surface area (Å²) in [5.74, 6) is 0. The van der Waals surface area contributed by atoms with Crippen molar-refractivity contribution < 1.29 is 9.53 Å².